The summed E-state index contributed by atoms with van der Waals surface area (Å²) in [5.41, 5.74) is -0.817. The van der Waals surface area contributed by atoms with Gasteiger partial charge in [-0.05, 0) is 35.8 Å². The first-order valence-corrected chi connectivity index (χ1v) is 9.03. The van der Waals surface area contributed by atoms with Gasteiger partial charge in [0.15, 0.2) is 11.6 Å². The van der Waals surface area contributed by atoms with Gasteiger partial charge in [-0.25, -0.2) is 0 Å². The lowest BCUT2D eigenvalue weighted by Crippen LogP contribution is -2.01. The van der Waals surface area contributed by atoms with Crippen LogP contribution in [0.4, 0.5) is 17.1 Å². The Bertz CT molecular complexity index is 1000. The molecule has 0 radical (unpaired) electrons. The molecular weight excluding hydrogens is 522 g/mol. The monoisotopic (exact) mass is 531 g/mol. The molecule has 0 aliphatic rings. The van der Waals surface area contributed by atoms with Crippen LogP contribution in [0.1, 0.15) is 34.6 Å². The second-order valence-electron chi connectivity index (χ2n) is 5.37. The molecule has 0 spiro atoms. The van der Waals surface area contributed by atoms with Crippen LogP contribution in [0.15, 0.2) is 39.3 Å². The second-order valence-corrected chi connectivity index (χ2v) is 7.02. The van der Waals surface area contributed by atoms with Crippen molar-refractivity contribution in [1.29, 1.82) is 0 Å². The van der Waals surface area contributed by atoms with Crippen molar-refractivity contribution in [3.63, 3.8) is 0 Å². The van der Waals surface area contributed by atoms with Gasteiger partial charge in [-0.3, -0.25) is 39.9 Å². The van der Waals surface area contributed by atoms with Crippen LogP contribution in [-0.4, -0.2) is 26.3 Å². The molecule has 13 heteroatoms. The summed E-state index contributed by atoms with van der Waals surface area (Å²) in [6, 6.07) is 5.90. The van der Waals surface area contributed by atoms with Gasteiger partial charge in [0.2, 0.25) is 0 Å². The minimum atomic E-state index is -0.788. The third-order valence-corrected chi connectivity index (χ3v) is 4.89. The van der Waals surface area contributed by atoms with Crippen LogP contribution < -0.4 is 0 Å². The zero-order valence-corrected chi connectivity index (χ0v) is 17.9. The molecule has 11 nitrogen and oxygen atoms in total. The van der Waals surface area contributed by atoms with Crippen molar-refractivity contribution in [2.75, 3.05) is 0 Å². The van der Waals surface area contributed by atoms with Gasteiger partial charge >= 0.3 is 0 Å². The fraction of sp³-hybridized carbons (Fsp3) is 0.125. The SMILES string of the molecule is CC(=O)c1cc([N+](=O)[O-])cc([N+](=O)[O-])c1Br.CC(=O)c1cc([N+](=O)[O-])ccc1Br. The van der Waals surface area contributed by atoms with Gasteiger partial charge in [-0.15, -0.1) is 0 Å². The molecular formula is C16H11Br2N3O8. The fourth-order valence-corrected chi connectivity index (χ4v) is 3.16. The molecule has 0 atom stereocenters. The number of benzene rings is 2. The molecule has 0 saturated heterocycles. The van der Waals surface area contributed by atoms with E-state index >= 15 is 0 Å². The number of nitro groups is 3. The molecule has 0 heterocycles. The van der Waals surface area contributed by atoms with E-state index in [-0.39, 0.29) is 21.5 Å². The summed E-state index contributed by atoms with van der Waals surface area (Å²) >= 11 is 6.02. The maximum Gasteiger partial charge on any atom is 0.291 e. The first kappa shape index (κ1) is 24.0. The number of carbonyl (C=O) groups excluding carboxylic acids is 2. The summed E-state index contributed by atoms with van der Waals surface area (Å²) in [6.45, 7) is 2.54. The van der Waals surface area contributed by atoms with E-state index in [1.807, 2.05) is 0 Å². The number of halogens is 2. The highest BCUT2D eigenvalue weighted by Gasteiger charge is 2.24. The Kier molecular flexibility index (Phi) is 8.21. The Morgan fingerprint density at radius 2 is 1.24 bits per heavy atom. The van der Waals surface area contributed by atoms with Gasteiger partial charge in [0.25, 0.3) is 17.1 Å². The van der Waals surface area contributed by atoms with Crippen molar-refractivity contribution in [3.8, 4) is 0 Å². The van der Waals surface area contributed by atoms with Crippen LogP contribution in [0.5, 0.6) is 0 Å². The van der Waals surface area contributed by atoms with Gasteiger partial charge in [-0.1, -0.05) is 15.9 Å². The van der Waals surface area contributed by atoms with Crippen LogP contribution in [0.25, 0.3) is 0 Å². The van der Waals surface area contributed by atoms with Crippen LogP contribution in [0.3, 0.4) is 0 Å². The number of nitro benzene ring substituents is 3. The zero-order valence-electron chi connectivity index (χ0n) is 14.8. The van der Waals surface area contributed by atoms with Gasteiger partial charge in [0, 0.05) is 33.8 Å². The topological polar surface area (TPSA) is 164 Å². The van der Waals surface area contributed by atoms with Crippen molar-refractivity contribution >= 4 is 60.5 Å². The molecule has 0 unspecified atom stereocenters. The average Bonchev–Trinajstić information content (AvgIpc) is 2.61. The Hall–Kier alpha value is -3.06. The van der Waals surface area contributed by atoms with E-state index in [0.717, 1.165) is 12.1 Å². The Morgan fingerprint density at radius 3 is 1.66 bits per heavy atom. The molecule has 29 heavy (non-hydrogen) atoms. The summed E-state index contributed by atoms with van der Waals surface area (Å²) in [5, 5.41) is 31.5. The highest BCUT2D eigenvalue weighted by molar-refractivity contribution is 9.11. The Morgan fingerprint density at radius 1 is 0.759 bits per heavy atom. The maximum atomic E-state index is 11.1. The number of hydrogen-bond donors (Lipinski definition) is 0. The maximum absolute atomic E-state index is 11.1. The summed E-state index contributed by atoms with van der Waals surface area (Å²) in [7, 11) is 0. The second kappa shape index (κ2) is 9.93. The van der Waals surface area contributed by atoms with E-state index in [9.17, 15) is 39.9 Å². The number of nitrogens with zero attached hydrogens (tertiary/aromatic N) is 3. The standard InChI is InChI=1S/C8H5BrN2O5.C8H6BrNO3/c1-4(12)6-2-5(10(13)14)3-7(8(6)9)11(15)16;1-5(11)7-4-6(10(12)13)2-3-8(7)9/h2-3H,1H3;2-4H,1H3. The van der Waals surface area contributed by atoms with E-state index < -0.39 is 31.9 Å². The Balaban J connectivity index is 0.000000296. The largest absolute Gasteiger partial charge is 0.294 e. The molecule has 0 aromatic heterocycles. The number of hydrogen-bond acceptors (Lipinski definition) is 8. The van der Waals surface area contributed by atoms with Gasteiger partial charge in [0.05, 0.1) is 20.8 Å². The molecule has 0 aliphatic carbocycles. The summed E-state index contributed by atoms with van der Waals surface area (Å²) in [4.78, 5) is 51.5. The minimum absolute atomic E-state index is 0.0457. The fourth-order valence-electron chi connectivity index (χ4n) is 1.99. The normalized spacial score (nSPS) is 9.79. The van der Waals surface area contributed by atoms with Crippen molar-refractivity contribution in [2.24, 2.45) is 0 Å². The number of Topliss-reactive ketones (excluding diaryl/α,β-unsaturated/α-hetero) is 2. The van der Waals surface area contributed by atoms with Crippen LogP contribution >= 0.6 is 31.9 Å². The molecule has 0 N–H and O–H groups in total. The van der Waals surface area contributed by atoms with Crippen molar-refractivity contribution in [2.45, 2.75) is 13.8 Å². The lowest BCUT2D eigenvalue weighted by atomic mass is 10.1. The van der Waals surface area contributed by atoms with Crippen molar-refractivity contribution in [3.05, 3.63) is 80.7 Å². The molecule has 2 rings (SSSR count). The molecule has 2 aromatic carbocycles. The first-order valence-electron chi connectivity index (χ1n) is 7.45. The summed E-state index contributed by atoms with van der Waals surface area (Å²) in [6.07, 6.45) is 0. The predicted octanol–water partition coefficient (Wildman–Crippen LogP) is 5.03. The van der Waals surface area contributed by atoms with E-state index in [1.54, 1.807) is 0 Å². The van der Waals surface area contributed by atoms with E-state index in [4.69, 9.17) is 0 Å². The predicted molar refractivity (Wildman–Crippen MR) is 108 cm³/mol. The molecule has 0 saturated carbocycles. The number of ketones is 2. The highest BCUT2D eigenvalue weighted by Crippen LogP contribution is 2.33. The lowest BCUT2D eigenvalue weighted by Gasteiger charge is -2.01. The van der Waals surface area contributed by atoms with E-state index in [1.165, 1.54) is 32.0 Å². The number of non-ortho nitro benzene ring substituents is 2. The van der Waals surface area contributed by atoms with Gasteiger partial charge < -0.3 is 0 Å². The quantitative estimate of drug-likeness (QED) is 0.294. The molecule has 0 fully saturated rings. The minimum Gasteiger partial charge on any atom is -0.294 e. The number of carbonyl (C=O) groups is 2. The molecule has 152 valence electrons. The highest BCUT2D eigenvalue weighted by atomic mass is 79.9. The summed E-state index contributed by atoms with van der Waals surface area (Å²) in [5.74, 6) is -0.686. The first-order chi connectivity index (χ1) is 13.4. The van der Waals surface area contributed by atoms with Gasteiger partial charge in [0.1, 0.15) is 4.47 Å². The van der Waals surface area contributed by atoms with Gasteiger partial charge in [-0.2, -0.15) is 0 Å². The van der Waals surface area contributed by atoms with E-state index in [2.05, 4.69) is 31.9 Å². The zero-order chi connectivity index (χ0) is 22.5. The van der Waals surface area contributed by atoms with Crippen molar-refractivity contribution < 1.29 is 24.4 Å². The van der Waals surface area contributed by atoms with E-state index in [0.29, 0.717) is 10.0 Å². The molecule has 0 aliphatic heterocycles. The molecule has 0 amide bonds. The third-order valence-electron chi connectivity index (χ3n) is 3.37. The average molecular weight is 533 g/mol. The van der Waals surface area contributed by atoms with Crippen LogP contribution in [0, 0.1) is 30.3 Å². The third kappa shape index (κ3) is 6.22. The smallest absolute Gasteiger partial charge is 0.291 e. The number of rotatable bonds is 5. The summed E-state index contributed by atoms with van der Waals surface area (Å²) < 4.78 is 0.529. The van der Waals surface area contributed by atoms with Crippen molar-refractivity contribution in [1.82, 2.24) is 0 Å². The lowest BCUT2D eigenvalue weighted by molar-refractivity contribution is -0.394. The van der Waals surface area contributed by atoms with Crippen LogP contribution in [-0.2, 0) is 0 Å². The van der Waals surface area contributed by atoms with Crippen LogP contribution in [0.2, 0.25) is 0 Å². The molecule has 0 bridgehead atoms. The molecule has 2 aromatic rings. The Labute approximate surface area is 179 Å².